The van der Waals surface area contributed by atoms with Crippen molar-refractivity contribution in [1.29, 1.82) is 0 Å². The number of nitrogens with zero attached hydrogens (tertiary/aromatic N) is 4. The lowest BCUT2D eigenvalue weighted by atomic mass is 9.58. The molecule has 0 radical (unpaired) electrons. The van der Waals surface area contributed by atoms with Crippen LogP contribution < -0.4 is 0 Å². The zero-order chi connectivity index (χ0) is 25.9. The average molecular weight is 485 g/mol. The van der Waals surface area contributed by atoms with Gasteiger partial charge in [0.05, 0.1) is 23.5 Å². The van der Waals surface area contributed by atoms with Gasteiger partial charge in [-0.05, 0) is 44.7 Å². The van der Waals surface area contributed by atoms with Crippen LogP contribution in [0.2, 0.25) is 0 Å². The van der Waals surface area contributed by atoms with Crippen molar-refractivity contribution < 1.29 is 4.79 Å². The van der Waals surface area contributed by atoms with Gasteiger partial charge >= 0.3 is 0 Å². The monoisotopic (exact) mass is 484 g/mol. The van der Waals surface area contributed by atoms with Gasteiger partial charge < -0.3 is 4.79 Å². The Hall–Kier alpha value is -4.17. The van der Waals surface area contributed by atoms with E-state index in [4.69, 9.17) is 21.5 Å². The lowest BCUT2D eigenvalue weighted by Crippen LogP contribution is -2.46. The van der Waals surface area contributed by atoms with Crippen LogP contribution in [0.5, 0.6) is 0 Å². The second-order valence-corrected chi connectivity index (χ2v) is 10.6. The molecule has 2 heterocycles. The van der Waals surface area contributed by atoms with Gasteiger partial charge in [0, 0.05) is 39.1 Å². The molecule has 3 atom stereocenters. The van der Waals surface area contributed by atoms with Crippen LogP contribution in [0, 0.1) is 32.3 Å². The van der Waals surface area contributed by atoms with E-state index >= 15 is 0 Å². The Balaban J connectivity index is 1.69. The molecule has 0 fully saturated rings. The summed E-state index contributed by atoms with van der Waals surface area (Å²) in [5, 5.41) is 1.00. The molecule has 0 saturated carbocycles. The molecule has 0 spiro atoms. The van der Waals surface area contributed by atoms with E-state index in [1.807, 2.05) is 38.1 Å². The molecule has 6 rings (SSSR count). The van der Waals surface area contributed by atoms with Gasteiger partial charge in [-0.25, -0.2) is 14.8 Å². The van der Waals surface area contributed by atoms with Crippen LogP contribution in [0.4, 0.5) is 0 Å². The average Bonchev–Trinajstić information content (AvgIpc) is 2.90. The van der Waals surface area contributed by atoms with E-state index in [0.717, 1.165) is 57.5 Å². The summed E-state index contributed by atoms with van der Waals surface area (Å²) in [7, 11) is 0. The molecule has 2 aliphatic carbocycles. The third kappa shape index (κ3) is 3.59. The molecule has 0 aliphatic heterocycles. The minimum Gasteiger partial charge on any atom is -0.308 e. The Morgan fingerprint density at radius 2 is 1.78 bits per heavy atom. The first kappa shape index (κ1) is 23.2. The molecule has 0 bridgehead atoms. The van der Waals surface area contributed by atoms with Gasteiger partial charge in [0.25, 0.3) is 0 Å². The van der Waals surface area contributed by atoms with Crippen LogP contribution in [0.3, 0.4) is 0 Å². The highest BCUT2D eigenvalue weighted by molar-refractivity contribution is 6.00. The van der Waals surface area contributed by atoms with Crippen LogP contribution >= 0.6 is 0 Å². The van der Waals surface area contributed by atoms with Crippen LogP contribution in [-0.2, 0) is 16.6 Å². The summed E-state index contributed by atoms with van der Waals surface area (Å²) in [5.74, 6) is 0.463. The van der Waals surface area contributed by atoms with Crippen molar-refractivity contribution in [1.82, 2.24) is 15.0 Å². The van der Waals surface area contributed by atoms with Gasteiger partial charge in [0.1, 0.15) is 0 Å². The van der Waals surface area contributed by atoms with Crippen molar-refractivity contribution in [2.24, 2.45) is 11.8 Å². The summed E-state index contributed by atoms with van der Waals surface area (Å²) >= 11 is 0. The van der Waals surface area contributed by atoms with Gasteiger partial charge in [-0.1, -0.05) is 68.0 Å². The second kappa shape index (κ2) is 8.45. The van der Waals surface area contributed by atoms with Gasteiger partial charge in [0.2, 0.25) is 5.70 Å². The van der Waals surface area contributed by atoms with Crippen molar-refractivity contribution in [3.63, 3.8) is 0 Å². The summed E-state index contributed by atoms with van der Waals surface area (Å²) in [6.07, 6.45) is 3.54. The molecule has 4 aromatic rings. The number of carbonyl (C=O) groups is 1. The fourth-order valence-electron chi connectivity index (χ4n) is 6.31. The predicted octanol–water partition coefficient (Wildman–Crippen LogP) is 6.82. The van der Waals surface area contributed by atoms with E-state index < -0.39 is 5.41 Å². The third-order valence-electron chi connectivity index (χ3n) is 8.23. The molecular formula is C32H28N4O. The number of aromatic nitrogens is 3. The van der Waals surface area contributed by atoms with E-state index in [9.17, 15) is 4.79 Å². The highest BCUT2D eigenvalue weighted by atomic mass is 16.1. The van der Waals surface area contributed by atoms with Crippen molar-refractivity contribution in [2.45, 2.75) is 46.0 Å². The fourth-order valence-corrected chi connectivity index (χ4v) is 6.31. The molecule has 182 valence electrons. The zero-order valence-corrected chi connectivity index (χ0v) is 21.5. The van der Waals surface area contributed by atoms with Gasteiger partial charge in [-0.2, -0.15) is 0 Å². The first-order chi connectivity index (χ1) is 17.8. The number of aryl methyl sites for hydroxylation is 2. The fraction of sp³-hybridized carbons (Fsp3) is 0.281. The number of pyridine rings is 1. The molecule has 0 amide bonds. The summed E-state index contributed by atoms with van der Waals surface area (Å²) < 4.78 is 0. The van der Waals surface area contributed by atoms with E-state index in [1.54, 1.807) is 0 Å². The van der Waals surface area contributed by atoms with Crippen molar-refractivity contribution in [3.05, 3.63) is 100 Å². The number of ketones is 1. The highest BCUT2D eigenvalue weighted by Crippen LogP contribution is 2.51. The Morgan fingerprint density at radius 3 is 2.54 bits per heavy atom. The smallest absolute Gasteiger partial charge is 0.226 e. The van der Waals surface area contributed by atoms with Crippen molar-refractivity contribution in [3.8, 4) is 22.6 Å². The minimum absolute atomic E-state index is 0.0512. The van der Waals surface area contributed by atoms with Gasteiger partial charge in [0.15, 0.2) is 11.6 Å². The number of para-hydroxylation sites is 1. The van der Waals surface area contributed by atoms with Gasteiger partial charge in [-0.15, -0.1) is 0 Å². The molecule has 2 aliphatic rings. The first-order valence-corrected chi connectivity index (χ1v) is 12.8. The summed E-state index contributed by atoms with van der Waals surface area (Å²) in [4.78, 5) is 31.7. The Bertz CT molecular complexity index is 1660. The summed E-state index contributed by atoms with van der Waals surface area (Å²) in [6, 6.07) is 18.6. The predicted molar refractivity (Wildman–Crippen MR) is 146 cm³/mol. The Kier molecular flexibility index (Phi) is 5.31. The Morgan fingerprint density at radius 1 is 1.03 bits per heavy atom. The largest absolute Gasteiger partial charge is 0.308 e. The number of benzene rings is 2. The first-order valence-electron chi connectivity index (χ1n) is 12.8. The number of rotatable bonds is 2. The maximum atomic E-state index is 12.9. The lowest BCUT2D eigenvalue weighted by molar-refractivity contribution is -0.121. The minimum atomic E-state index is -0.532. The Labute approximate surface area is 217 Å². The molecule has 5 nitrogen and oxygen atoms in total. The number of Topliss-reactive ketones (excluding diaryl/α,β-unsaturated/α-hetero) is 1. The number of allylic oxidation sites excluding steroid dienone is 2. The van der Waals surface area contributed by atoms with Crippen molar-refractivity contribution in [2.75, 3.05) is 0 Å². The topological polar surface area (TPSA) is 60.1 Å². The molecule has 2 aromatic carbocycles. The highest BCUT2D eigenvalue weighted by Gasteiger charge is 2.49. The van der Waals surface area contributed by atoms with Crippen LogP contribution in [0.1, 0.15) is 42.8 Å². The lowest BCUT2D eigenvalue weighted by Gasteiger charge is -2.46. The van der Waals surface area contributed by atoms with E-state index in [-0.39, 0.29) is 23.3 Å². The number of hydrogen-bond donors (Lipinski definition) is 0. The second-order valence-electron chi connectivity index (χ2n) is 10.6. The molecule has 0 unspecified atom stereocenters. The SMILES string of the molecule is [C-]#[N+]C1=C[C@@]2(C)c3nc(-c4cc(C)nc5ccccc45)nc(-c4ccc(C)cc4)c3CC[C@@H]2[C@@H](C)C1=O. The van der Waals surface area contributed by atoms with Crippen LogP contribution in [-0.4, -0.2) is 20.7 Å². The summed E-state index contributed by atoms with van der Waals surface area (Å²) in [5.41, 5.74) is 7.68. The van der Waals surface area contributed by atoms with E-state index in [2.05, 4.69) is 55.1 Å². The van der Waals surface area contributed by atoms with Crippen LogP contribution in [0.15, 0.2) is 66.4 Å². The van der Waals surface area contributed by atoms with E-state index in [1.165, 1.54) is 5.56 Å². The maximum Gasteiger partial charge on any atom is 0.226 e. The maximum absolute atomic E-state index is 12.9. The molecule has 5 heteroatoms. The van der Waals surface area contributed by atoms with E-state index in [0.29, 0.717) is 5.82 Å². The number of hydrogen-bond acceptors (Lipinski definition) is 4. The number of carbonyl (C=O) groups excluding carboxylic acids is 1. The standard InChI is InChI=1S/C32H28N4O/c1-18-10-12-21(13-11-18)28-23-14-15-25-20(3)29(37)27(33-5)17-32(25,4)30(23)36-31(35-28)24-16-19(2)34-26-9-7-6-8-22(24)26/h6-13,16-17,20,25H,14-15H2,1-4H3/t20-,25-,32-/m1/s1. The molecule has 0 saturated heterocycles. The zero-order valence-electron chi connectivity index (χ0n) is 21.5. The van der Waals surface area contributed by atoms with Crippen molar-refractivity contribution >= 4 is 16.7 Å². The third-order valence-corrected chi connectivity index (χ3v) is 8.23. The molecule has 2 aromatic heterocycles. The molecule has 37 heavy (non-hydrogen) atoms. The van der Waals surface area contributed by atoms with Gasteiger partial charge in [-0.3, -0.25) is 4.98 Å². The van der Waals surface area contributed by atoms with Crippen LogP contribution in [0.25, 0.3) is 38.4 Å². The molecular weight excluding hydrogens is 456 g/mol. The number of fused-ring (bicyclic) bond motifs is 4. The summed E-state index contributed by atoms with van der Waals surface area (Å²) in [6.45, 7) is 15.9. The molecule has 0 N–H and O–H groups in total. The quantitative estimate of drug-likeness (QED) is 0.293. The normalized spacial score (nSPS) is 22.7.